The SMILES string of the molecule is CCCCCCCCC(Br)c1cc(F)c(F)cc1Cl. The van der Waals surface area contributed by atoms with Crippen LogP contribution in [0.4, 0.5) is 8.78 Å². The molecule has 0 bridgehead atoms. The smallest absolute Gasteiger partial charge is 0.160 e. The molecule has 19 heavy (non-hydrogen) atoms. The molecule has 4 heteroatoms. The van der Waals surface area contributed by atoms with Crippen molar-refractivity contribution < 1.29 is 8.78 Å². The summed E-state index contributed by atoms with van der Waals surface area (Å²) in [5, 5.41) is 0.284. The Balaban J connectivity index is 2.41. The maximum Gasteiger partial charge on any atom is 0.160 e. The van der Waals surface area contributed by atoms with Crippen LogP contribution < -0.4 is 0 Å². The van der Waals surface area contributed by atoms with Gasteiger partial charge >= 0.3 is 0 Å². The fourth-order valence-electron chi connectivity index (χ4n) is 2.04. The Kier molecular flexibility index (Phi) is 7.93. The lowest BCUT2D eigenvalue weighted by atomic mass is 10.0. The summed E-state index contributed by atoms with van der Waals surface area (Å²) in [6, 6.07) is 2.23. The van der Waals surface area contributed by atoms with Crippen molar-refractivity contribution in [1.82, 2.24) is 0 Å². The number of hydrogen-bond donors (Lipinski definition) is 0. The molecule has 1 aromatic carbocycles. The molecule has 0 saturated carbocycles. The maximum absolute atomic E-state index is 13.2. The molecule has 0 heterocycles. The summed E-state index contributed by atoms with van der Waals surface area (Å²) in [5.41, 5.74) is 0.633. The molecule has 1 rings (SSSR count). The molecule has 0 nitrogen and oxygen atoms in total. The number of hydrogen-bond acceptors (Lipinski definition) is 0. The summed E-state index contributed by atoms with van der Waals surface area (Å²) >= 11 is 9.45. The zero-order chi connectivity index (χ0) is 14.3. The van der Waals surface area contributed by atoms with E-state index < -0.39 is 11.6 Å². The van der Waals surface area contributed by atoms with Gasteiger partial charge in [-0.15, -0.1) is 0 Å². The summed E-state index contributed by atoms with van der Waals surface area (Å²) in [6.07, 6.45) is 8.15. The molecule has 1 aromatic rings. The zero-order valence-corrected chi connectivity index (χ0v) is 13.5. The fraction of sp³-hybridized carbons (Fsp3) is 0.600. The van der Waals surface area contributed by atoms with Crippen LogP contribution in [0.5, 0.6) is 0 Å². The van der Waals surface area contributed by atoms with E-state index in [1.54, 1.807) is 0 Å². The lowest BCUT2D eigenvalue weighted by Crippen LogP contribution is -1.95. The third-order valence-corrected chi connectivity index (χ3v) is 4.47. The highest BCUT2D eigenvalue weighted by Gasteiger charge is 2.15. The fourth-order valence-corrected chi connectivity index (χ4v) is 3.15. The molecule has 0 aliphatic heterocycles. The van der Waals surface area contributed by atoms with Crippen LogP contribution in [0.15, 0.2) is 12.1 Å². The summed E-state index contributed by atoms with van der Waals surface area (Å²) < 4.78 is 26.2. The third kappa shape index (κ3) is 5.78. The highest BCUT2D eigenvalue weighted by molar-refractivity contribution is 9.09. The Morgan fingerprint density at radius 2 is 1.63 bits per heavy atom. The van der Waals surface area contributed by atoms with Crippen LogP contribution >= 0.6 is 27.5 Å². The molecule has 1 atom stereocenters. The minimum atomic E-state index is -0.895. The molecule has 1 unspecified atom stereocenters. The van der Waals surface area contributed by atoms with E-state index in [0.29, 0.717) is 5.56 Å². The van der Waals surface area contributed by atoms with Gasteiger partial charge in [0.1, 0.15) is 0 Å². The molecule has 0 fully saturated rings. The van der Waals surface area contributed by atoms with Crippen molar-refractivity contribution in [2.45, 2.75) is 56.7 Å². The predicted octanol–water partition coefficient (Wildman–Crippen LogP) is 6.80. The van der Waals surface area contributed by atoms with Gasteiger partial charge in [-0.1, -0.05) is 73.0 Å². The van der Waals surface area contributed by atoms with Crippen molar-refractivity contribution in [2.75, 3.05) is 0 Å². The molecule has 0 aromatic heterocycles. The van der Waals surface area contributed by atoms with Gasteiger partial charge in [0, 0.05) is 9.85 Å². The first-order valence-electron chi connectivity index (χ1n) is 6.84. The van der Waals surface area contributed by atoms with Crippen molar-refractivity contribution in [3.05, 3.63) is 34.4 Å². The molecule has 0 aliphatic rings. The van der Waals surface area contributed by atoms with Crippen LogP contribution in [0.1, 0.15) is 62.3 Å². The normalized spacial score (nSPS) is 12.7. The Labute approximate surface area is 127 Å². The van der Waals surface area contributed by atoms with Gasteiger partial charge in [-0.05, 0) is 24.1 Å². The molecular formula is C15H20BrClF2. The average Bonchev–Trinajstić information content (AvgIpc) is 2.37. The second-order valence-electron chi connectivity index (χ2n) is 4.81. The molecule has 0 aliphatic carbocycles. The van der Waals surface area contributed by atoms with Crippen LogP contribution in [0.3, 0.4) is 0 Å². The van der Waals surface area contributed by atoms with Crippen molar-refractivity contribution in [3.63, 3.8) is 0 Å². The minimum absolute atomic E-state index is 0.0127. The third-order valence-electron chi connectivity index (χ3n) is 3.19. The van der Waals surface area contributed by atoms with Crippen LogP contribution in [-0.4, -0.2) is 0 Å². The Hall–Kier alpha value is -0.150. The van der Waals surface area contributed by atoms with E-state index in [4.69, 9.17) is 11.6 Å². The predicted molar refractivity (Wildman–Crippen MR) is 81.0 cm³/mol. The quantitative estimate of drug-likeness (QED) is 0.274. The Morgan fingerprint density at radius 3 is 2.32 bits per heavy atom. The Morgan fingerprint density at radius 1 is 1.05 bits per heavy atom. The topological polar surface area (TPSA) is 0 Å². The molecular weight excluding hydrogens is 334 g/mol. The zero-order valence-electron chi connectivity index (χ0n) is 11.2. The molecule has 0 spiro atoms. The average molecular weight is 354 g/mol. The van der Waals surface area contributed by atoms with Gasteiger partial charge in [0.2, 0.25) is 0 Å². The van der Waals surface area contributed by atoms with E-state index in [-0.39, 0.29) is 9.85 Å². The standard InChI is InChI=1S/C15H20BrClF2/c1-2-3-4-5-6-7-8-12(16)11-9-14(18)15(19)10-13(11)17/h9-10,12H,2-8H2,1H3. The summed E-state index contributed by atoms with van der Waals surface area (Å²) in [5.74, 6) is -1.74. The first kappa shape index (κ1) is 16.9. The second kappa shape index (κ2) is 8.91. The highest BCUT2D eigenvalue weighted by atomic mass is 79.9. The van der Waals surface area contributed by atoms with E-state index in [1.165, 1.54) is 38.2 Å². The van der Waals surface area contributed by atoms with Gasteiger partial charge in [-0.2, -0.15) is 0 Å². The van der Waals surface area contributed by atoms with Crippen LogP contribution in [0.2, 0.25) is 5.02 Å². The van der Waals surface area contributed by atoms with E-state index in [0.717, 1.165) is 18.9 Å². The van der Waals surface area contributed by atoms with Crippen molar-refractivity contribution in [1.29, 1.82) is 0 Å². The van der Waals surface area contributed by atoms with Gasteiger partial charge in [-0.3, -0.25) is 0 Å². The van der Waals surface area contributed by atoms with Gasteiger partial charge in [-0.25, -0.2) is 8.78 Å². The van der Waals surface area contributed by atoms with Crippen molar-refractivity contribution in [3.8, 4) is 0 Å². The monoisotopic (exact) mass is 352 g/mol. The van der Waals surface area contributed by atoms with E-state index in [9.17, 15) is 8.78 Å². The van der Waals surface area contributed by atoms with Gasteiger partial charge in [0.25, 0.3) is 0 Å². The molecule has 108 valence electrons. The van der Waals surface area contributed by atoms with Crippen molar-refractivity contribution >= 4 is 27.5 Å². The van der Waals surface area contributed by atoms with Crippen molar-refractivity contribution in [2.24, 2.45) is 0 Å². The number of alkyl halides is 1. The van der Waals surface area contributed by atoms with Crippen LogP contribution in [0, 0.1) is 11.6 Å². The van der Waals surface area contributed by atoms with E-state index >= 15 is 0 Å². The van der Waals surface area contributed by atoms with Crippen LogP contribution in [-0.2, 0) is 0 Å². The molecule has 0 N–H and O–H groups in total. The molecule has 0 amide bonds. The highest BCUT2D eigenvalue weighted by Crippen LogP contribution is 2.34. The van der Waals surface area contributed by atoms with Gasteiger partial charge in [0.15, 0.2) is 11.6 Å². The van der Waals surface area contributed by atoms with E-state index in [1.807, 2.05) is 0 Å². The summed E-state index contributed by atoms with van der Waals surface area (Å²) in [7, 11) is 0. The van der Waals surface area contributed by atoms with Crippen LogP contribution in [0.25, 0.3) is 0 Å². The van der Waals surface area contributed by atoms with E-state index in [2.05, 4.69) is 22.9 Å². The lowest BCUT2D eigenvalue weighted by molar-refractivity contribution is 0.506. The first-order valence-corrected chi connectivity index (χ1v) is 8.14. The summed E-state index contributed by atoms with van der Waals surface area (Å²) in [4.78, 5) is -0.0127. The number of benzene rings is 1. The largest absolute Gasteiger partial charge is 0.204 e. The van der Waals surface area contributed by atoms with Gasteiger partial charge < -0.3 is 0 Å². The number of halogens is 4. The minimum Gasteiger partial charge on any atom is -0.204 e. The summed E-state index contributed by atoms with van der Waals surface area (Å²) in [6.45, 7) is 2.19. The van der Waals surface area contributed by atoms with Gasteiger partial charge in [0.05, 0.1) is 0 Å². The molecule has 0 radical (unpaired) electrons. The second-order valence-corrected chi connectivity index (χ2v) is 6.32. The Bertz CT molecular complexity index is 396. The molecule has 0 saturated heterocycles. The number of rotatable bonds is 8. The number of unbranched alkanes of at least 4 members (excludes halogenated alkanes) is 5. The first-order chi connectivity index (χ1) is 9.06. The maximum atomic E-state index is 13.2. The lowest BCUT2D eigenvalue weighted by Gasteiger charge is -2.12.